The number of aromatic nitrogens is 2. The molecule has 3 rings (SSSR count). The number of amides is 1. The Morgan fingerprint density at radius 1 is 1.50 bits per heavy atom. The summed E-state index contributed by atoms with van der Waals surface area (Å²) in [5.41, 5.74) is 7.93. The first-order valence-corrected chi connectivity index (χ1v) is 7.67. The number of fused-ring (bicyclic) bond motifs is 1. The van der Waals surface area contributed by atoms with E-state index in [4.69, 9.17) is 10.5 Å². The molecule has 118 valence electrons. The predicted octanol–water partition coefficient (Wildman–Crippen LogP) is 1.07. The molecule has 2 atom stereocenters. The first-order valence-electron chi connectivity index (χ1n) is 7.67. The van der Waals surface area contributed by atoms with Crippen LogP contribution in [0.1, 0.15) is 18.7 Å². The number of likely N-dealkylation sites (tertiary alicyclic amines) is 1. The SMILES string of the molecule is CO[C@H]1CN(C(=O)CCc2nc3ccccc3[nH]2)CC[C@H]1N. The number of ether oxygens (including phenoxy) is 1. The summed E-state index contributed by atoms with van der Waals surface area (Å²) in [6.45, 7) is 1.29. The molecule has 1 aliphatic rings. The van der Waals surface area contributed by atoms with Crippen LogP contribution in [-0.2, 0) is 16.0 Å². The molecule has 2 aromatic rings. The summed E-state index contributed by atoms with van der Waals surface area (Å²) in [6.07, 6.45) is 1.79. The smallest absolute Gasteiger partial charge is 0.223 e. The van der Waals surface area contributed by atoms with Gasteiger partial charge in [0.25, 0.3) is 0 Å². The van der Waals surface area contributed by atoms with Crippen LogP contribution in [0.3, 0.4) is 0 Å². The Morgan fingerprint density at radius 3 is 3.09 bits per heavy atom. The Labute approximate surface area is 129 Å². The van der Waals surface area contributed by atoms with E-state index in [1.807, 2.05) is 29.2 Å². The maximum atomic E-state index is 12.3. The molecule has 1 aromatic heterocycles. The average Bonchev–Trinajstić information content (AvgIpc) is 2.96. The van der Waals surface area contributed by atoms with Crippen molar-refractivity contribution < 1.29 is 9.53 Å². The molecule has 22 heavy (non-hydrogen) atoms. The molecule has 0 bridgehead atoms. The third kappa shape index (κ3) is 3.13. The Balaban J connectivity index is 1.57. The van der Waals surface area contributed by atoms with Crippen molar-refractivity contribution >= 4 is 16.9 Å². The van der Waals surface area contributed by atoms with Crippen molar-refractivity contribution in [3.63, 3.8) is 0 Å². The fourth-order valence-electron chi connectivity index (χ4n) is 2.92. The van der Waals surface area contributed by atoms with E-state index in [1.54, 1.807) is 7.11 Å². The number of nitrogens with zero attached hydrogens (tertiary/aromatic N) is 2. The summed E-state index contributed by atoms with van der Waals surface area (Å²) in [5.74, 6) is 0.987. The summed E-state index contributed by atoms with van der Waals surface area (Å²) >= 11 is 0. The number of aromatic amines is 1. The Kier molecular flexibility index (Phi) is 4.40. The zero-order chi connectivity index (χ0) is 15.5. The van der Waals surface area contributed by atoms with E-state index < -0.39 is 0 Å². The molecule has 0 saturated carbocycles. The highest BCUT2D eigenvalue weighted by atomic mass is 16.5. The number of piperidine rings is 1. The van der Waals surface area contributed by atoms with Crippen molar-refractivity contribution in [1.29, 1.82) is 0 Å². The van der Waals surface area contributed by atoms with Crippen LogP contribution in [0.15, 0.2) is 24.3 Å². The van der Waals surface area contributed by atoms with E-state index in [9.17, 15) is 4.79 Å². The van der Waals surface area contributed by atoms with Gasteiger partial charge in [-0.05, 0) is 18.6 Å². The molecule has 0 radical (unpaired) electrons. The molecule has 6 heteroatoms. The van der Waals surface area contributed by atoms with Crippen LogP contribution in [0, 0.1) is 0 Å². The standard InChI is InChI=1S/C16H22N4O2/c1-22-14-10-20(9-8-11(14)17)16(21)7-6-15-18-12-4-2-3-5-13(12)19-15/h2-5,11,14H,6-10,17H2,1H3,(H,18,19)/t11-,14+/m1/s1. The number of hydrogen-bond donors (Lipinski definition) is 2. The van der Waals surface area contributed by atoms with Gasteiger partial charge in [0.2, 0.25) is 5.91 Å². The molecule has 1 amide bonds. The molecular formula is C16H22N4O2. The quantitative estimate of drug-likeness (QED) is 0.885. The first-order chi connectivity index (χ1) is 10.7. The summed E-state index contributed by atoms with van der Waals surface area (Å²) in [5, 5.41) is 0. The zero-order valence-electron chi connectivity index (χ0n) is 12.8. The van der Waals surface area contributed by atoms with Gasteiger partial charge in [-0.3, -0.25) is 4.79 Å². The second kappa shape index (κ2) is 6.46. The fraction of sp³-hybridized carbons (Fsp3) is 0.500. The lowest BCUT2D eigenvalue weighted by Crippen LogP contribution is -2.53. The van der Waals surface area contributed by atoms with E-state index in [2.05, 4.69) is 9.97 Å². The van der Waals surface area contributed by atoms with E-state index in [0.717, 1.165) is 23.3 Å². The van der Waals surface area contributed by atoms with Crippen LogP contribution >= 0.6 is 0 Å². The minimum Gasteiger partial charge on any atom is -0.378 e. The number of hydrogen-bond acceptors (Lipinski definition) is 4. The van der Waals surface area contributed by atoms with Gasteiger partial charge in [0.1, 0.15) is 5.82 Å². The normalized spacial score (nSPS) is 22.2. The van der Waals surface area contributed by atoms with Gasteiger partial charge < -0.3 is 20.4 Å². The molecule has 1 aliphatic heterocycles. The molecule has 3 N–H and O–H groups in total. The van der Waals surface area contributed by atoms with Crippen LogP contribution in [-0.4, -0.2) is 53.1 Å². The molecular weight excluding hydrogens is 280 g/mol. The lowest BCUT2D eigenvalue weighted by molar-refractivity contribution is -0.135. The molecule has 2 heterocycles. The minimum absolute atomic E-state index is 0.0180. The molecule has 0 unspecified atom stereocenters. The van der Waals surface area contributed by atoms with Gasteiger partial charge in [-0.15, -0.1) is 0 Å². The number of rotatable bonds is 4. The average molecular weight is 302 g/mol. The van der Waals surface area contributed by atoms with Crippen molar-refractivity contribution in [3.05, 3.63) is 30.1 Å². The summed E-state index contributed by atoms with van der Waals surface area (Å²) < 4.78 is 5.35. The van der Waals surface area contributed by atoms with E-state index >= 15 is 0 Å². The van der Waals surface area contributed by atoms with E-state index in [-0.39, 0.29) is 18.1 Å². The summed E-state index contributed by atoms with van der Waals surface area (Å²) in [6, 6.07) is 7.90. The number of nitrogens with two attached hydrogens (primary N) is 1. The van der Waals surface area contributed by atoms with Crippen LogP contribution < -0.4 is 5.73 Å². The molecule has 0 aliphatic carbocycles. The third-order valence-electron chi connectivity index (χ3n) is 4.28. The van der Waals surface area contributed by atoms with Gasteiger partial charge in [0, 0.05) is 39.1 Å². The van der Waals surface area contributed by atoms with Crippen molar-refractivity contribution in [3.8, 4) is 0 Å². The van der Waals surface area contributed by atoms with Gasteiger partial charge in [-0.1, -0.05) is 12.1 Å². The Bertz CT molecular complexity index is 621. The van der Waals surface area contributed by atoms with Gasteiger partial charge in [0.15, 0.2) is 0 Å². The van der Waals surface area contributed by atoms with Crippen LogP contribution in [0.2, 0.25) is 0 Å². The maximum Gasteiger partial charge on any atom is 0.223 e. The second-order valence-electron chi connectivity index (χ2n) is 5.77. The molecule has 1 saturated heterocycles. The van der Waals surface area contributed by atoms with Gasteiger partial charge >= 0.3 is 0 Å². The largest absolute Gasteiger partial charge is 0.378 e. The lowest BCUT2D eigenvalue weighted by atomic mass is 10.0. The molecule has 0 spiro atoms. The Morgan fingerprint density at radius 2 is 2.32 bits per heavy atom. The zero-order valence-corrected chi connectivity index (χ0v) is 12.8. The van der Waals surface area contributed by atoms with E-state index in [0.29, 0.717) is 25.9 Å². The van der Waals surface area contributed by atoms with E-state index in [1.165, 1.54) is 0 Å². The fourth-order valence-corrected chi connectivity index (χ4v) is 2.92. The highest BCUT2D eigenvalue weighted by Crippen LogP contribution is 2.15. The number of methoxy groups -OCH3 is 1. The number of benzene rings is 1. The summed E-state index contributed by atoms with van der Waals surface area (Å²) in [4.78, 5) is 21.9. The third-order valence-corrected chi connectivity index (χ3v) is 4.28. The number of H-pyrrole nitrogens is 1. The number of imidazole rings is 1. The van der Waals surface area contributed by atoms with Crippen LogP contribution in [0.25, 0.3) is 11.0 Å². The van der Waals surface area contributed by atoms with Crippen molar-refractivity contribution in [2.45, 2.75) is 31.4 Å². The number of carbonyl (C=O) groups is 1. The van der Waals surface area contributed by atoms with Crippen molar-refractivity contribution in [1.82, 2.24) is 14.9 Å². The van der Waals surface area contributed by atoms with Crippen molar-refractivity contribution in [2.24, 2.45) is 5.73 Å². The topological polar surface area (TPSA) is 84.2 Å². The molecule has 6 nitrogen and oxygen atoms in total. The molecule has 1 fully saturated rings. The number of para-hydroxylation sites is 2. The predicted molar refractivity (Wildman–Crippen MR) is 84.4 cm³/mol. The van der Waals surface area contributed by atoms with Gasteiger partial charge in [-0.25, -0.2) is 4.98 Å². The maximum absolute atomic E-state index is 12.3. The number of nitrogens with one attached hydrogen (secondary N) is 1. The van der Waals surface area contributed by atoms with Gasteiger partial charge in [-0.2, -0.15) is 0 Å². The van der Waals surface area contributed by atoms with Crippen LogP contribution in [0.5, 0.6) is 0 Å². The number of carbonyl (C=O) groups excluding carboxylic acids is 1. The lowest BCUT2D eigenvalue weighted by Gasteiger charge is -2.36. The van der Waals surface area contributed by atoms with Crippen LogP contribution in [0.4, 0.5) is 0 Å². The molecule has 1 aromatic carbocycles. The minimum atomic E-state index is -0.0658. The van der Waals surface area contributed by atoms with Gasteiger partial charge in [0.05, 0.1) is 17.1 Å². The number of aryl methyl sites for hydroxylation is 1. The second-order valence-corrected chi connectivity index (χ2v) is 5.77. The van der Waals surface area contributed by atoms with Crippen molar-refractivity contribution in [2.75, 3.05) is 20.2 Å². The Hall–Kier alpha value is -1.92. The summed E-state index contributed by atoms with van der Waals surface area (Å²) in [7, 11) is 1.65. The monoisotopic (exact) mass is 302 g/mol. The highest BCUT2D eigenvalue weighted by Gasteiger charge is 2.28. The highest BCUT2D eigenvalue weighted by molar-refractivity contribution is 5.77. The first kappa shape index (κ1) is 15.0.